The van der Waals surface area contributed by atoms with E-state index in [0.29, 0.717) is 22.5 Å². The molecule has 4 N–H and O–H groups in total. The molecule has 0 aliphatic heterocycles. The average Bonchev–Trinajstić information content (AvgIpc) is 3.09. The van der Waals surface area contributed by atoms with E-state index in [1.54, 1.807) is 73.7 Å². The van der Waals surface area contributed by atoms with Crippen LogP contribution in [0.5, 0.6) is 0 Å². The minimum absolute atomic E-state index is 0.0588. The van der Waals surface area contributed by atoms with Gasteiger partial charge in [-0.3, -0.25) is 14.4 Å². The van der Waals surface area contributed by atoms with Crippen LogP contribution in [0.25, 0.3) is 6.08 Å². The lowest BCUT2D eigenvalue weighted by Crippen LogP contribution is -2.30. The van der Waals surface area contributed by atoms with Crippen molar-refractivity contribution in [2.75, 3.05) is 10.6 Å². The lowest BCUT2D eigenvalue weighted by Gasteiger charge is -2.18. The van der Waals surface area contributed by atoms with Crippen molar-refractivity contribution in [3.05, 3.63) is 165 Å². The molecule has 0 spiro atoms. The molecule has 0 bridgehead atoms. The van der Waals surface area contributed by atoms with E-state index in [1.807, 2.05) is 54.6 Å². The number of carboxylic acids is 1. The second-order valence-electron chi connectivity index (χ2n) is 10.6. The Morgan fingerprint density at radius 2 is 1.44 bits per heavy atom. The summed E-state index contributed by atoms with van der Waals surface area (Å²) < 4.78 is 0.824. The molecule has 0 fully saturated rings. The van der Waals surface area contributed by atoms with E-state index in [-0.39, 0.29) is 17.2 Å². The Morgan fingerprint density at radius 1 is 0.750 bits per heavy atom. The Kier molecular flexibility index (Phi) is 11.2. The van der Waals surface area contributed by atoms with Crippen LogP contribution in [0.3, 0.4) is 0 Å². The largest absolute Gasteiger partial charge is 0.478 e. The van der Waals surface area contributed by atoms with Crippen molar-refractivity contribution in [3.63, 3.8) is 0 Å². The summed E-state index contributed by atoms with van der Waals surface area (Å²) in [7, 11) is 0. The predicted molar refractivity (Wildman–Crippen MR) is 193 cm³/mol. The van der Waals surface area contributed by atoms with Crippen LogP contribution in [0.4, 0.5) is 11.4 Å². The molecule has 5 rings (SSSR count). The first kappa shape index (κ1) is 33.9. The molecule has 1 unspecified atom stereocenters. The van der Waals surface area contributed by atoms with Crippen LogP contribution in [0, 0.1) is 6.92 Å². The van der Waals surface area contributed by atoms with Gasteiger partial charge in [-0.05, 0) is 90.4 Å². The van der Waals surface area contributed by atoms with Crippen molar-refractivity contribution in [3.8, 4) is 0 Å². The molecular formula is C38H30BrN3O5S. The number of amides is 3. The van der Waals surface area contributed by atoms with Gasteiger partial charge in [-0.2, -0.15) is 0 Å². The van der Waals surface area contributed by atoms with Gasteiger partial charge in [0.1, 0.15) is 10.9 Å². The number of carbonyl (C=O) groups excluding carboxylic acids is 3. The van der Waals surface area contributed by atoms with E-state index in [1.165, 1.54) is 23.9 Å². The predicted octanol–water partition coefficient (Wildman–Crippen LogP) is 8.34. The standard InChI is InChI=1S/C38H30BrN3O5S/c1-24-15-16-28(38(46)47)23-32(24)41-37(45)34(26-10-4-2-5-11-26)48-31-19-17-30(18-20-31)40-36(44)33(22-25-9-8-14-29(39)21-25)42-35(43)27-12-6-3-7-13-27/h2-23,34H,1H3,(H,40,44)(H,41,45)(H,42,43)(H,46,47)/b33-22-. The number of thioether (sulfide) groups is 1. The molecule has 0 aromatic heterocycles. The van der Waals surface area contributed by atoms with Gasteiger partial charge in [0, 0.05) is 26.3 Å². The number of hydrogen-bond acceptors (Lipinski definition) is 5. The van der Waals surface area contributed by atoms with Crippen molar-refractivity contribution in [2.45, 2.75) is 17.1 Å². The molecule has 0 aliphatic rings. The van der Waals surface area contributed by atoms with Gasteiger partial charge in [0.25, 0.3) is 11.8 Å². The van der Waals surface area contributed by atoms with Crippen molar-refractivity contribution in [1.82, 2.24) is 5.32 Å². The maximum Gasteiger partial charge on any atom is 0.335 e. The number of rotatable bonds is 11. The third-order valence-corrected chi connectivity index (χ3v) is 8.90. The highest BCUT2D eigenvalue weighted by Crippen LogP contribution is 2.37. The first-order valence-corrected chi connectivity index (χ1v) is 16.4. The number of carbonyl (C=O) groups is 4. The van der Waals surface area contributed by atoms with E-state index in [9.17, 15) is 24.3 Å². The molecule has 1 atom stereocenters. The van der Waals surface area contributed by atoms with E-state index in [0.717, 1.165) is 20.5 Å². The number of halogens is 1. The Balaban J connectivity index is 1.34. The van der Waals surface area contributed by atoms with E-state index >= 15 is 0 Å². The molecule has 3 amide bonds. The average molecular weight is 721 g/mol. The highest BCUT2D eigenvalue weighted by atomic mass is 79.9. The van der Waals surface area contributed by atoms with Crippen molar-refractivity contribution >= 4 is 68.8 Å². The van der Waals surface area contributed by atoms with Crippen LogP contribution in [-0.2, 0) is 9.59 Å². The summed E-state index contributed by atoms with van der Waals surface area (Å²) in [6.45, 7) is 1.80. The Labute approximate surface area is 290 Å². The first-order valence-electron chi connectivity index (χ1n) is 14.8. The Hall–Kier alpha value is -5.45. The molecule has 0 saturated heterocycles. The summed E-state index contributed by atoms with van der Waals surface area (Å²) >= 11 is 4.75. The molecule has 5 aromatic rings. The van der Waals surface area contributed by atoms with Crippen molar-refractivity contribution in [1.29, 1.82) is 0 Å². The topological polar surface area (TPSA) is 125 Å². The number of nitrogens with one attached hydrogen (secondary N) is 3. The fourth-order valence-electron chi connectivity index (χ4n) is 4.65. The number of aryl methyl sites for hydroxylation is 1. The van der Waals surface area contributed by atoms with Gasteiger partial charge in [0.15, 0.2) is 0 Å². The fourth-order valence-corrected chi connectivity index (χ4v) is 6.09. The molecular weight excluding hydrogens is 690 g/mol. The normalized spacial score (nSPS) is 11.7. The molecule has 0 saturated carbocycles. The number of aromatic carboxylic acids is 1. The van der Waals surface area contributed by atoms with Crippen LogP contribution in [-0.4, -0.2) is 28.8 Å². The third-order valence-electron chi connectivity index (χ3n) is 7.14. The second-order valence-corrected chi connectivity index (χ2v) is 12.7. The molecule has 48 heavy (non-hydrogen) atoms. The van der Waals surface area contributed by atoms with Gasteiger partial charge in [0.2, 0.25) is 5.91 Å². The molecule has 8 nitrogen and oxygen atoms in total. The summed E-state index contributed by atoms with van der Waals surface area (Å²) in [5.41, 5.74) is 3.67. The van der Waals surface area contributed by atoms with Crippen LogP contribution >= 0.6 is 27.7 Å². The molecule has 0 aliphatic carbocycles. The minimum atomic E-state index is -1.08. The third kappa shape index (κ3) is 9.09. The summed E-state index contributed by atoms with van der Waals surface area (Å²) in [4.78, 5) is 52.3. The zero-order chi connectivity index (χ0) is 34.0. The molecule has 0 radical (unpaired) electrons. The Morgan fingerprint density at radius 3 is 2.10 bits per heavy atom. The minimum Gasteiger partial charge on any atom is -0.478 e. The van der Waals surface area contributed by atoms with E-state index < -0.39 is 23.0 Å². The smallest absolute Gasteiger partial charge is 0.335 e. The van der Waals surface area contributed by atoms with E-state index in [4.69, 9.17) is 0 Å². The van der Waals surface area contributed by atoms with Crippen LogP contribution in [0.2, 0.25) is 0 Å². The highest BCUT2D eigenvalue weighted by molar-refractivity contribution is 9.10. The van der Waals surface area contributed by atoms with Crippen LogP contribution in [0.15, 0.2) is 142 Å². The van der Waals surface area contributed by atoms with Crippen LogP contribution < -0.4 is 16.0 Å². The lowest BCUT2D eigenvalue weighted by molar-refractivity contribution is -0.116. The summed E-state index contributed by atoms with van der Waals surface area (Å²) in [6, 6.07) is 36.9. The highest BCUT2D eigenvalue weighted by Gasteiger charge is 2.23. The maximum atomic E-state index is 13.6. The van der Waals surface area contributed by atoms with Crippen LogP contribution in [0.1, 0.15) is 42.7 Å². The van der Waals surface area contributed by atoms with Gasteiger partial charge in [-0.1, -0.05) is 82.7 Å². The zero-order valence-corrected chi connectivity index (χ0v) is 28.0. The number of benzene rings is 5. The lowest BCUT2D eigenvalue weighted by atomic mass is 10.1. The fraction of sp³-hybridized carbons (Fsp3) is 0.0526. The number of anilines is 2. The zero-order valence-electron chi connectivity index (χ0n) is 25.6. The van der Waals surface area contributed by atoms with Gasteiger partial charge in [0.05, 0.1) is 5.56 Å². The number of carboxylic acid groups (broad SMARTS) is 1. The summed E-state index contributed by atoms with van der Waals surface area (Å²) in [5.74, 6) is -2.33. The number of hydrogen-bond donors (Lipinski definition) is 4. The Bertz CT molecular complexity index is 1980. The summed E-state index contributed by atoms with van der Waals surface area (Å²) in [6.07, 6.45) is 1.60. The van der Waals surface area contributed by atoms with E-state index in [2.05, 4.69) is 31.9 Å². The van der Waals surface area contributed by atoms with Gasteiger partial charge in [-0.25, -0.2) is 4.79 Å². The second kappa shape index (κ2) is 15.9. The molecule has 5 aromatic carbocycles. The molecule has 10 heteroatoms. The van der Waals surface area contributed by atoms with Crippen molar-refractivity contribution < 1.29 is 24.3 Å². The monoisotopic (exact) mass is 719 g/mol. The van der Waals surface area contributed by atoms with Gasteiger partial charge < -0.3 is 21.1 Å². The quantitative estimate of drug-likeness (QED) is 0.0804. The van der Waals surface area contributed by atoms with Gasteiger partial charge in [-0.15, -0.1) is 11.8 Å². The van der Waals surface area contributed by atoms with Gasteiger partial charge >= 0.3 is 5.97 Å². The van der Waals surface area contributed by atoms with Crippen molar-refractivity contribution in [2.24, 2.45) is 0 Å². The SMILES string of the molecule is Cc1ccc(C(=O)O)cc1NC(=O)C(Sc1ccc(NC(=O)/C(=C/c2cccc(Br)c2)NC(=O)c2ccccc2)cc1)c1ccccc1. The first-order chi connectivity index (χ1) is 23.2. The maximum absolute atomic E-state index is 13.6. The summed E-state index contributed by atoms with van der Waals surface area (Å²) in [5, 5.41) is 17.2. The molecule has 240 valence electrons. The molecule has 0 heterocycles.